The third-order valence-electron chi connectivity index (χ3n) is 10.5. The summed E-state index contributed by atoms with van der Waals surface area (Å²) in [6.07, 6.45) is 45.1. The number of hydrogen-bond acceptors (Lipinski definition) is 8. The van der Waals surface area contributed by atoms with Crippen LogP contribution in [0.4, 0.5) is 0 Å². The standard InChI is InChI=1S/C49H85NO8/c1-3-5-7-9-11-13-15-17-19-20-21-22-23-24-25-27-29-31-33-35-37-39-45(53)50-42(41-57-49-48(56)47(55)46(54)44(40-51)58-49)43(52)38-36-34-32-30-28-26-18-16-14-12-10-8-6-4-2/h14-17,20-21,23-24,28,30,36,38,42-44,46-49,51-52,54-56H,3-13,18-19,22,25-27,29,31-35,37,39-41H2,1-2H3,(H,50,53)/b16-14+,17-15-,21-20-,24-23-,30-28+,38-36+. The average molecular weight is 816 g/mol. The fraction of sp³-hybridized carbons (Fsp3) is 0.735. The first kappa shape index (κ1) is 53.6. The minimum absolute atomic E-state index is 0.208. The van der Waals surface area contributed by atoms with Gasteiger partial charge in [0.1, 0.15) is 24.4 Å². The molecule has 7 atom stereocenters. The van der Waals surface area contributed by atoms with Crippen molar-refractivity contribution in [3.63, 3.8) is 0 Å². The van der Waals surface area contributed by atoms with Crippen LogP contribution in [0.3, 0.4) is 0 Å². The first-order valence-electron chi connectivity index (χ1n) is 23.2. The highest BCUT2D eigenvalue weighted by molar-refractivity contribution is 5.76. The molecule has 0 aliphatic carbocycles. The third-order valence-corrected chi connectivity index (χ3v) is 10.5. The molecule has 1 aliphatic heterocycles. The summed E-state index contributed by atoms with van der Waals surface area (Å²) in [5, 5.41) is 54.1. The summed E-state index contributed by atoms with van der Waals surface area (Å²) < 4.78 is 11.2. The van der Waals surface area contributed by atoms with E-state index in [4.69, 9.17) is 9.47 Å². The van der Waals surface area contributed by atoms with Crippen LogP contribution in [-0.4, -0.2) is 87.5 Å². The fourth-order valence-corrected chi connectivity index (χ4v) is 6.72. The van der Waals surface area contributed by atoms with Gasteiger partial charge in [0.2, 0.25) is 5.91 Å². The molecule has 0 radical (unpaired) electrons. The maximum atomic E-state index is 13.0. The highest BCUT2D eigenvalue weighted by Crippen LogP contribution is 2.22. The molecule has 0 spiro atoms. The molecule has 0 aromatic heterocycles. The second-order valence-electron chi connectivity index (χ2n) is 15.8. The van der Waals surface area contributed by atoms with Crippen molar-refractivity contribution >= 4 is 5.91 Å². The lowest BCUT2D eigenvalue weighted by atomic mass is 9.99. The second kappa shape index (κ2) is 38.8. The fourth-order valence-electron chi connectivity index (χ4n) is 6.72. The minimum Gasteiger partial charge on any atom is -0.394 e. The van der Waals surface area contributed by atoms with E-state index in [9.17, 15) is 30.3 Å². The normalized spacial score (nSPS) is 21.5. The van der Waals surface area contributed by atoms with E-state index in [1.54, 1.807) is 6.08 Å². The number of aliphatic hydroxyl groups is 5. The van der Waals surface area contributed by atoms with Gasteiger partial charge in [-0.25, -0.2) is 0 Å². The Morgan fingerprint density at radius 2 is 1.03 bits per heavy atom. The monoisotopic (exact) mass is 816 g/mol. The Kier molecular flexibility index (Phi) is 35.9. The number of amides is 1. The zero-order valence-corrected chi connectivity index (χ0v) is 36.5. The zero-order chi connectivity index (χ0) is 42.3. The van der Waals surface area contributed by atoms with Crippen molar-refractivity contribution in [1.82, 2.24) is 5.32 Å². The van der Waals surface area contributed by atoms with E-state index in [0.717, 1.165) is 89.9 Å². The summed E-state index contributed by atoms with van der Waals surface area (Å²) in [7, 11) is 0. The number of carbonyl (C=O) groups excluding carboxylic acids is 1. The van der Waals surface area contributed by atoms with Gasteiger partial charge in [-0.05, 0) is 83.5 Å². The molecule has 0 saturated carbocycles. The SMILES string of the molecule is CCCCCC/C=C/CC/C=C/CC/C=C/C(O)C(COC1OC(CO)C(O)C(O)C1O)NC(=O)CCCCCCCC/C=C\C/C=C\C/C=C\CCCCCCC. The summed E-state index contributed by atoms with van der Waals surface area (Å²) in [6.45, 7) is 3.69. The molecule has 6 N–H and O–H groups in total. The van der Waals surface area contributed by atoms with Gasteiger partial charge in [0.05, 0.1) is 25.4 Å². The molecule has 1 amide bonds. The van der Waals surface area contributed by atoms with E-state index in [2.05, 4.69) is 79.9 Å². The van der Waals surface area contributed by atoms with Gasteiger partial charge >= 0.3 is 0 Å². The van der Waals surface area contributed by atoms with Gasteiger partial charge in [0, 0.05) is 6.42 Å². The van der Waals surface area contributed by atoms with Crippen LogP contribution in [0.2, 0.25) is 0 Å². The van der Waals surface area contributed by atoms with Crippen molar-refractivity contribution in [2.45, 2.75) is 217 Å². The van der Waals surface area contributed by atoms with E-state index in [0.29, 0.717) is 6.42 Å². The van der Waals surface area contributed by atoms with Gasteiger partial charge in [-0.2, -0.15) is 0 Å². The summed E-state index contributed by atoms with van der Waals surface area (Å²) >= 11 is 0. The molecule has 1 saturated heterocycles. The van der Waals surface area contributed by atoms with Crippen molar-refractivity contribution in [3.05, 3.63) is 72.9 Å². The number of hydrogen-bond donors (Lipinski definition) is 6. The number of rotatable bonds is 37. The van der Waals surface area contributed by atoms with Crippen LogP contribution in [0.5, 0.6) is 0 Å². The molecule has 7 unspecified atom stereocenters. The quantitative estimate of drug-likeness (QED) is 0.0268. The molecular weight excluding hydrogens is 731 g/mol. The lowest BCUT2D eigenvalue weighted by molar-refractivity contribution is -0.302. The molecule has 1 rings (SSSR count). The molecule has 9 heteroatoms. The Morgan fingerprint density at radius 3 is 1.59 bits per heavy atom. The zero-order valence-electron chi connectivity index (χ0n) is 36.5. The van der Waals surface area contributed by atoms with E-state index in [-0.39, 0.29) is 12.5 Å². The van der Waals surface area contributed by atoms with E-state index >= 15 is 0 Å². The van der Waals surface area contributed by atoms with Gasteiger partial charge in [-0.3, -0.25) is 4.79 Å². The maximum Gasteiger partial charge on any atom is 0.220 e. The summed E-state index contributed by atoms with van der Waals surface area (Å²) in [5.74, 6) is -0.208. The summed E-state index contributed by atoms with van der Waals surface area (Å²) in [4.78, 5) is 13.0. The van der Waals surface area contributed by atoms with Crippen molar-refractivity contribution in [2.75, 3.05) is 13.2 Å². The van der Waals surface area contributed by atoms with Crippen LogP contribution in [0.25, 0.3) is 0 Å². The molecule has 1 heterocycles. The second-order valence-corrected chi connectivity index (χ2v) is 15.8. The maximum absolute atomic E-state index is 13.0. The topological polar surface area (TPSA) is 149 Å². The smallest absolute Gasteiger partial charge is 0.220 e. The first-order valence-corrected chi connectivity index (χ1v) is 23.2. The molecule has 0 aromatic rings. The van der Waals surface area contributed by atoms with Crippen molar-refractivity contribution in [1.29, 1.82) is 0 Å². The Hall–Kier alpha value is -2.37. The van der Waals surface area contributed by atoms with E-state index < -0.39 is 49.5 Å². The van der Waals surface area contributed by atoms with Gasteiger partial charge in [0.25, 0.3) is 0 Å². The van der Waals surface area contributed by atoms with Crippen LogP contribution >= 0.6 is 0 Å². The number of carbonyl (C=O) groups is 1. The molecular formula is C49H85NO8. The number of ether oxygens (including phenoxy) is 2. The van der Waals surface area contributed by atoms with E-state index in [1.165, 1.54) is 64.2 Å². The Bertz CT molecular complexity index is 1130. The molecule has 0 aromatic carbocycles. The van der Waals surface area contributed by atoms with Crippen LogP contribution < -0.4 is 5.32 Å². The Morgan fingerprint density at radius 1 is 0.586 bits per heavy atom. The molecule has 1 aliphatic rings. The van der Waals surface area contributed by atoms with Crippen molar-refractivity contribution < 1.29 is 39.8 Å². The summed E-state index contributed by atoms with van der Waals surface area (Å²) in [5.41, 5.74) is 0. The molecule has 0 bridgehead atoms. The van der Waals surface area contributed by atoms with Gasteiger partial charge < -0.3 is 40.3 Å². The Labute approximate surface area is 353 Å². The van der Waals surface area contributed by atoms with Crippen molar-refractivity contribution in [3.8, 4) is 0 Å². The lowest BCUT2D eigenvalue weighted by Crippen LogP contribution is -2.60. The molecule has 9 nitrogen and oxygen atoms in total. The molecule has 334 valence electrons. The highest BCUT2D eigenvalue weighted by Gasteiger charge is 2.44. The summed E-state index contributed by atoms with van der Waals surface area (Å²) in [6, 6.07) is -0.837. The van der Waals surface area contributed by atoms with Crippen LogP contribution in [0.1, 0.15) is 174 Å². The van der Waals surface area contributed by atoms with Crippen molar-refractivity contribution in [2.24, 2.45) is 0 Å². The largest absolute Gasteiger partial charge is 0.394 e. The van der Waals surface area contributed by atoms with Crippen LogP contribution in [0.15, 0.2) is 72.9 Å². The lowest BCUT2D eigenvalue weighted by Gasteiger charge is -2.40. The Balaban J connectivity index is 2.39. The predicted molar refractivity (Wildman–Crippen MR) is 239 cm³/mol. The third kappa shape index (κ3) is 29.0. The van der Waals surface area contributed by atoms with Crippen LogP contribution in [-0.2, 0) is 14.3 Å². The number of aliphatic hydroxyl groups excluding tert-OH is 5. The highest BCUT2D eigenvalue weighted by atomic mass is 16.7. The number of allylic oxidation sites excluding steroid dienone is 11. The van der Waals surface area contributed by atoms with E-state index in [1.807, 2.05) is 6.08 Å². The first-order chi connectivity index (χ1) is 28.3. The number of nitrogens with one attached hydrogen (secondary N) is 1. The van der Waals surface area contributed by atoms with Gasteiger partial charge in [-0.1, -0.05) is 157 Å². The predicted octanol–water partition coefficient (Wildman–Crippen LogP) is 9.78. The van der Waals surface area contributed by atoms with Gasteiger partial charge in [-0.15, -0.1) is 0 Å². The minimum atomic E-state index is -1.58. The molecule has 1 fully saturated rings. The van der Waals surface area contributed by atoms with Gasteiger partial charge in [0.15, 0.2) is 6.29 Å². The average Bonchev–Trinajstić information content (AvgIpc) is 3.22. The molecule has 58 heavy (non-hydrogen) atoms. The van der Waals surface area contributed by atoms with Crippen LogP contribution in [0, 0.1) is 0 Å². The number of unbranched alkanes of at least 4 members (excludes halogenated alkanes) is 17.